The highest BCUT2D eigenvalue weighted by atomic mass is 32.2. The molecule has 2 rings (SSSR count). The topological polar surface area (TPSA) is 59.9 Å². The Kier molecular flexibility index (Phi) is 3.19. The molecule has 0 fully saturated rings. The fourth-order valence-corrected chi connectivity index (χ4v) is 2.20. The molecule has 0 saturated heterocycles. The second kappa shape index (κ2) is 4.63. The summed E-state index contributed by atoms with van der Waals surface area (Å²) in [6, 6.07) is 9.05. The highest BCUT2D eigenvalue weighted by molar-refractivity contribution is 7.89. The van der Waals surface area contributed by atoms with Crippen molar-refractivity contribution < 1.29 is 8.42 Å². The van der Waals surface area contributed by atoms with Gasteiger partial charge in [0.05, 0.1) is 17.1 Å². The second-order valence-corrected chi connectivity index (χ2v) is 5.97. The van der Waals surface area contributed by atoms with E-state index in [1.807, 2.05) is 18.2 Å². The van der Waals surface area contributed by atoms with Gasteiger partial charge in [0.2, 0.25) is 0 Å². The van der Waals surface area contributed by atoms with Crippen molar-refractivity contribution in [2.75, 3.05) is 6.26 Å². The van der Waals surface area contributed by atoms with Crippen LogP contribution in [0.3, 0.4) is 0 Å². The first kappa shape index (κ1) is 11.7. The van der Waals surface area contributed by atoms with Gasteiger partial charge in [-0.3, -0.25) is 9.97 Å². The molecule has 5 heteroatoms. The van der Waals surface area contributed by atoms with Gasteiger partial charge in [-0.1, -0.05) is 6.07 Å². The summed E-state index contributed by atoms with van der Waals surface area (Å²) < 4.78 is 22.4. The Labute approximate surface area is 100 Å². The molecule has 0 N–H and O–H groups in total. The van der Waals surface area contributed by atoms with E-state index in [1.165, 1.54) is 6.26 Å². The highest BCUT2D eigenvalue weighted by Gasteiger charge is 2.07. The maximum Gasteiger partial charge on any atom is 0.153 e. The second-order valence-electron chi connectivity index (χ2n) is 3.83. The SMILES string of the molecule is CS(=O)(=O)Cc1cccc(-c2cccnc2)n1. The number of sulfone groups is 1. The molecular weight excluding hydrogens is 236 g/mol. The number of hydrogen-bond acceptors (Lipinski definition) is 4. The van der Waals surface area contributed by atoms with Crippen molar-refractivity contribution >= 4 is 9.84 Å². The molecule has 2 aromatic heterocycles. The lowest BCUT2D eigenvalue weighted by molar-refractivity contribution is 0.600. The predicted octanol–water partition coefficient (Wildman–Crippen LogP) is 1.69. The van der Waals surface area contributed by atoms with Crippen LogP contribution in [0.1, 0.15) is 5.69 Å². The van der Waals surface area contributed by atoms with Crippen molar-refractivity contribution in [1.29, 1.82) is 0 Å². The summed E-state index contributed by atoms with van der Waals surface area (Å²) in [4.78, 5) is 8.32. The normalized spacial score (nSPS) is 11.4. The summed E-state index contributed by atoms with van der Waals surface area (Å²) in [6.45, 7) is 0. The molecule has 0 aromatic carbocycles. The monoisotopic (exact) mass is 248 g/mol. The molecule has 0 aliphatic carbocycles. The van der Waals surface area contributed by atoms with Gasteiger partial charge >= 0.3 is 0 Å². The molecule has 17 heavy (non-hydrogen) atoms. The summed E-state index contributed by atoms with van der Waals surface area (Å²) in [6.07, 6.45) is 4.59. The molecule has 88 valence electrons. The van der Waals surface area contributed by atoms with Crippen molar-refractivity contribution in [1.82, 2.24) is 9.97 Å². The van der Waals surface area contributed by atoms with Crippen LogP contribution in [0.4, 0.5) is 0 Å². The van der Waals surface area contributed by atoms with Crippen molar-refractivity contribution in [2.45, 2.75) is 5.75 Å². The fourth-order valence-electron chi connectivity index (χ4n) is 1.50. The van der Waals surface area contributed by atoms with E-state index in [0.29, 0.717) is 5.69 Å². The molecule has 0 radical (unpaired) electrons. The lowest BCUT2D eigenvalue weighted by atomic mass is 10.2. The van der Waals surface area contributed by atoms with E-state index >= 15 is 0 Å². The van der Waals surface area contributed by atoms with Crippen LogP contribution in [0.5, 0.6) is 0 Å². The lowest BCUT2D eigenvalue weighted by Crippen LogP contribution is -2.03. The van der Waals surface area contributed by atoms with Crippen LogP contribution < -0.4 is 0 Å². The van der Waals surface area contributed by atoms with E-state index in [2.05, 4.69) is 9.97 Å². The van der Waals surface area contributed by atoms with Gasteiger partial charge in [-0.15, -0.1) is 0 Å². The molecular formula is C12H12N2O2S. The van der Waals surface area contributed by atoms with E-state index in [0.717, 1.165) is 11.3 Å². The third-order valence-electron chi connectivity index (χ3n) is 2.17. The Balaban J connectivity index is 2.36. The summed E-state index contributed by atoms with van der Waals surface area (Å²) >= 11 is 0. The molecule has 0 saturated carbocycles. The maximum atomic E-state index is 11.2. The van der Waals surface area contributed by atoms with Gasteiger partial charge in [-0.25, -0.2) is 8.42 Å². The van der Waals surface area contributed by atoms with Gasteiger partial charge in [0.15, 0.2) is 9.84 Å². The van der Waals surface area contributed by atoms with E-state index < -0.39 is 9.84 Å². The molecule has 0 bridgehead atoms. The van der Waals surface area contributed by atoms with Gasteiger partial charge in [0, 0.05) is 24.2 Å². The number of pyridine rings is 2. The number of hydrogen-bond donors (Lipinski definition) is 0. The van der Waals surface area contributed by atoms with E-state index in [1.54, 1.807) is 24.5 Å². The Bertz CT molecular complexity index is 609. The zero-order chi connectivity index (χ0) is 12.3. The molecule has 0 spiro atoms. The van der Waals surface area contributed by atoms with Crippen LogP contribution >= 0.6 is 0 Å². The van der Waals surface area contributed by atoms with Gasteiger partial charge in [0.1, 0.15) is 0 Å². The fraction of sp³-hybridized carbons (Fsp3) is 0.167. The lowest BCUT2D eigenvalue weighted by Gasteiger charge is -2.03. The molecule has 4 nitrogen and oxygen atoms in total. The molecule has 0 aliphatic rings. The van der Waals surface area contributed by atoms with Crippen molar-refractivity contribution in [3.05, 3.63) is 48.4 Å². The third kappa shape index (κ3) is 3.35. The van der Waals surface area contributed by atoms with Crippen LogP contribution in [0, 0.1) is 0 Å². The number of aromatic nitrogens is 2. The van der Waals surface area contributed by atoms with E-state index in [4.69, 9.17) is 0 Å². The molecule has 0 aliphatic heterocycles. The minimum Gasteiger partial charge on any atom is -0.264 e. The Hall–Kier alpha value is -1.75. The first-order chi connectivity index (χ1) is 8.04. The molecule has 0 amide bonds. The molecule has 0 atom stereocenters. The smallest absolute Gasteiger partial charge is 0.153 e. The summed E-state index contributed by atoms with van der Waals surface area (Å²) in [7, 11) is -3.05. The average molecular weight is 248 g/mol. The van der Waals surface area contributed by atoms with Gasteiger partial charge in [-0.2, -0.15) is 0 Å². The third-order valence-corrected chi connectivity index (χ3v) is 2.99. The number of rotatable bonds is 3. The van der Waals surface area contributed by atoms with Gasteiger partial charge in [0.25, 0.3) is 0 Å². The summed E-state index contributed by atoms with van der Waals surface area (Å²) in [5, 5.41) is 0. The quantitative estimate of drug-likeness (QED) is 0.829. The Morgan fingerprint density at radius 2 is 2.00 bits per heavy atom. The Morgan fingerprint density at radius 3 is 2.65 bits per heavy atom. The largest absolute Gasteiger partial charge is 0.264 e. The minimum atomic E-state index is -3.05. The minimum absolute atomic E-state index is 0.0406. The zero-order valence-corrected chi connectivity index (χ0v) is 10.2. The summed E-state index contributed by atoms with van der Waals surface area (Å²) in [5.74, 6) is -0.0406. The van der Waals surface area contributed by atoms with E-state index in [-0.39, 0.29) is 5.75 Å². The van der Waals surface area contributed by atoms with Crippen LogP contribution in [0.25, 0.3) is 11.3 Å². The van der Waals surface area contributed by atoms with Crippen LogP contribution in [0.2, 0.25) is 0 Å². The standard InChI is InChI=1S/C12H12N2O2S/c1-17(15,16)9-11-5-2-6-12(14-11)10-4-3-7-13-8-10/h2-8H,9H2,1H3. The predicted molar refractivity (Wildman–Crippen MR) is 66.0 cm³/mol. The highest BCUT2D eigenvalue weighted by Crippen LogP contribution is 2.16. The van der Waals surface area contributed by atoms with Crippen LogP contribution in [-0.2, 0) is 15.6 Å². The number of nitrogens with zero attached hydrogens (tertiary/aromatic N) is 2. The molecule has 0 unspecified atom stereocenters. The van der Waals surface area contributed by atoms with Gasteiger partial charge in [-0.05, 0) is 24.3 Å². The average Bonchev–Trinajstić information content (AvgIpc) is 2.28. The van der Waals surface area contributed by atoms with Crippen LogP contribution in [0.15, 0.2) is 42.7 Å². The maximum absolute atomic E-state index is 11.2. The van der Waals surface area contributed by atoms with Crippen LogP contribution in [-0.4, -0.2) is 24.6 Å². The Morgan fingerprint density at radius 1 is 1.18 bits per heavy atom. The molecule has 2 aromatic rings. The molecule has 2 heterocycles. The first-order valence-corrected chi connectivity index (χ1v) is 7.15. The summed E-state index contributed by atoms with van der Waals surface area (Å²) in [5.41, 5.74) is 2.16. The van der Waals surface area contributed by atoms with Crippen molar-refractivity contribution in [3.63, 3.8) is 0 Å². The van der Waals surface area contributed by atoms with Gasteiger partial charge < -0.3 is 0 Å². The van der Waals surface area contributed by atoms with Crippen molar-refractivity contribution in [2.24, 2.45) is 0 Å². The first-order valence-electron chi connectivity index (χ1n) is 5.09. The zero-order valence-electron chi connectivity index (χ0n) is 9.37. The van der Waals surface area contributed by atoms with E-state index in [9.17, 15) is 8.42 Å². The van der Waals surface area contributed by atoms with Crippen molar-refractivity contribution in [3.8, 4) is 11.3 Å².